The van der Waals surface area contributed by atoms with Crippen molar-refractivity contribution in [1.29, 1.82) is 0 Å². The van der Waals surface area contributed by atoms with E-state index in [1.165, 1.54) is 6.07 Å². The SMILES string of the molecule is CC[C@H](CN1CC[C@@H](CNC(=O)c2ccc(Cl)c(Cl)c2)N[C@@H](CCN[C@@H](C)C(F)(F)F)C1=O)c1ccccc1. The Morgan fingerprint density at radius 3 is 2.51 bits per heavy atom. The maximum absolute atomic E-state index is 13.6. The molecule has 1 aliphatic rings. The molecule has 2 aromatic rings. The molecule has 3 N–H and O–H groups in total. The maximum Gasteiger partial charge on any atom is 0.403 e. The Balaban J connectivity index is 1.70. The lowest BCUT2D eigenvalue weighted by atomic mass is 9.95. The van der Waals surface area contributed by atoms with Gasteiger partial charge in [-0.1, -0.05) is 60.5 Å². The minimum atomic E-state index is -4.37. The van der Waals surface area contributed by atoms with Gasteiger partial charge in [0.2, 0.25) is 5.91 Å². The largest absolute Gasteiger partial charge is 0.403 e. The molecule has 3 rings (SSSR count). The summed E-state index contributed by atoms with van der Waals surface area (Å²) in [6, 6.07) is 11.9. The number of amides is 2. The molecule has 0 saturated carbocycles. The number of nitrogens with one attached hydrogen (secondary N) is 3. The molecule has 2 amide bonds. The van der Waals surface area contributed by atoms with Crippen LogP contribution >= 0.6 is 23.2 Å². The van der Waals surface area contributed by atoms with Gasteiger partial charge in [-0.25, -0.2) is 0 Å². The van der Waals surface area contributed by atoms with Crippen LogP contribution in [0.5, 0.6) is 0 Å². The van der Waals surface area contributed by atoms with E-state index in [2.05, 4.69) is 22.9 Å². The molecule has 214 valence electrons. The van der Waals surface area contributed by atoms with E-state index in [1.54, 1.807) is 17.0 Å². The highest BCUT2D eigenvalue weighted by Gasteiger charge is 2.36. The zero-order valence-electron chi connectivity index (χ0n) is 22.0. The lowest BCUT2D eigenvalue weighted by Gasteiger charge is -2.29. The summed E-state index contributed by atoms with van der Waals surface area (Å²) in [5, 5.41) is 9.24. The Morgan fingerprint density at radius 2 is 1.87 bits per heavy atom. The van der Waals surface area contributed by atoms with Crippen LogP contribution in [0.15, 0.2) is 48.5 Å². The Bertz CT molecular complexity index is 1100. The molecule has 0 unspecified atom stereocenters. The summed E-state index contributed by atoms with van der Waals surface area (Å²) < 4.78 is 38.9. The molecule has 39 heavy (non-hydrogen) atoms. The van der Waals surface area contributed by atoms with Crippen molar-refractivity contribution < 1.29 is 22.8 Å². The first-order chi connectivity index (χ1) is 18.5. The molecule has 0 aliphatic carbocycles. The quantitative estimate of drug-likeness (QED) is 0.329. The van der Waals surface area contributed by atoms with E-state index in [1.807, 2.05) is 30.3 Å². The van der Waals surface area contributed by atoms with Crippen LogP contribution in [0.1, 0.15) is 54.9 Å². The van der Waals surface area contributed by atoms with Crippen molar-refractivity contribution in [3.63, 3.8) is 0 Å². The lowest BCUT2D eigenvalue weighted by molar-refractivity contribution is -0.151. The zero-order chi connectivity index (χ0) is 28.6. The lowest BCUT2D eigenvalue weighted by Crippen LogP contribution is -2.51. The van der Waals surface area contributed by atoms with Gasteiger partial charge in [0.25, 0.3) is 5.91 Å². The first-order valence-corrected chi connectivity index (χ1v) is 13.9. The molecule has 2 aromatic carbocycles. The molecule has 1 saturated heterocycles. The number of hydrogen-bond donors (Lipinski definition) is 3. The van der Waals surface area contributed by atoms with Gasteiger partial charge in [0.1, 0.15) is 6.04 Å². The maximum atomic E-state index is 13.6. The van der Waals surface area contributed by atoms with Crippen LogP contribution in [0.4, 0.5) is 13.2 Å². The second kappa shape index (κ2) is 14.3. The fourth-order valence-corrected chi connectivity index (χ4v) is 4.91. The number of alkyl halides is 3. The van der Waals surface area contributed by atoms with E-state index in [9.17, 15) is 22.8 Å². The normalized spacial score (nSPS) is 19.9. The van der Waals surface area contributed by atoms with Crippen LogP contribution in [0.2, 0.25) is 10.0 Å². The summed E-state index contributed by atoms with van der Waals surface area (Å²) in [6.07, 6.45) is -2.79. The predicted molar refractivity (Wildman–Crippen MR) is 148 cm³/mol. The van der Waals surface area contributed by atoms with Gasteiger partial charge in [0.15, 0.2) is 0 Å². The Kier molecular flexibility index (Phi) is 11.5. The summed E-state index contributed by atoms with van der Waals surface area (Å²) in [5.41, 5.74) is 1.49. The van der Waals surface area contributed by atoms with Crippen molar-refractivity contribution in [2.75, 3.05) is 26.2 Å². The van der Waals surface area contributed by atoms with Gasteiger partial charge in [0, 0.05) is 37.2 Å². The zero-order valence-corrected chi connectivity index (χ0v) is 23.5. The molecule has 1 aliphatic heterocycles. The van der Waals surface area contributed by atoms with Gasteiger partial charge < -0.3 is 20.9 Å². The van der Waals surface area contributed by atoms with Gasteiger partial charge in [0.05, 0.1) is 16.1 Å². The second-order valence-corrected chi connectivity index (χ2v) is 10.7. The van der Waals surface area contributed by atoms with Crippen molar-refractivity contribution in [3.8, 4) is 0 Å². The minimum Gasteiger partial charge on any atom is -0.350 e. The summed E-state index contributed by atoms with van der Waals surface area (Å²) in [4.78, 5) is 28.1. The highest BCUT2D eigenvalue weighted by molar-refractivity contribution is 6.42. The van der Waals surface area contributed by atoms with Crippen LogP contribution in [0, 0.1) is 0 Å². The van der Waals surface area contributed by atoms with Crippen molar-refractivity contribution in [1.82, 2.24) is 20.9 Å². The molecule has 0 bridgehead atoms. The van der Waals surface area contributed by atoms with Gasteiger partial charge in [-0.15, -0.1) is 0 Å². The van der Waals surface area contributed by atoms with Crippen LogP contribution in [-0.4, -0.2) is 67.2 Å². The van der Waals surface area contributed by atoms with E-state index in [-0.39, 0.29) is 48.3 Å². The minimum absolute atomic E-state index is 0.0101. The summed E-state index contributed by atoms with van der Waals surface area (Å²) in [6.45, 7) is 4.34. The van der Waals surface area contributed by atoms with Crippen LogP contribution < -0.4 is 16.0 Å². The number of benzene rings is 2. The average molecular weight is 588 g/mol. The number of hydrogen-bond acceptors (Lipinski definition) is 4. The highest BCUT2D eigenvalue weighted by atomic mass is 35.5. The third-order valence-corrected chi connectivity index (χ3v) is 7.80. The molecule has 6 nitrogen and oxygen atoms in total. The molecule has 0 radical (unpaired) electrons. The van der Waals surface area contributed by atoms with Gasteiger partial charge in [-0.05, 0) is 56.5 Å². The Labute approximate surface area is 237 Å². The topological polar surface area (TPSA) is 73.5 Å². The Morgan fingerprint density at radius 1 is 1.15 bits per heavy atom. The summed E-state index contributed by atoms with van der Waals surface area (Å²) >= 11 is 12.0. The van der Waals surface area contributed by atoms with E-state index < -0.39 is 18.3 Å². The number of carbonyl (C=O) groups excluding carboxylic acids is 2. The van der Waals surface area contributed by atoms with Crippen molar-refractivity contribution in [3.05, 3.63) is 69.7 Å². The fourth-order valence-electron chi connectivity index (χ4n) is 4.61. The molecule has 0 aromatic heterocycles. The number of nitrogens with zero attached hydrogens (tertiary/aromatic N) is 1. The fraction of sp³-hybridized carbons (Fsp3) is 0.500. The monoisotopic (exact) mass is 586 g/mol. The van der Waals surface area contributed by atoms with Crippen LogP contribution in [-0.2, 0) is 4.79 Å². The first kappa shape index (κ1) is 31.2. The van der Waals surface area contributed by atoms with E-state index >= 15 is 0 Å². The molecule has 1 heterocycles. The predicted octanol–water partition coefficient (Wildman–Crippen LogP) is 5.41. The number of halogens is 5. The highest BCUT2D eigenvalue weighted by Crippen LogP contribution is 2.24. The molecule has 4 atom stereocenters. The summed E-state index contributed by atoms with van der Waals surface area (Å²) in [5.74, 6) is -0.357. The van der Waals surface area contributed by atoms with E-state index in [0.29, 0.717) is 30.1 Å². The summed E-state index contributed by atoms with van der Waals surface area (Å²) in [7, 11) is 0. The van der Waals surface area contributed by atoms with E-state index in [4.69, 9.17) is 23.2 Å². The first-order valence-electron chi connectivity index (χ1n) is 13.1. The van der Waals surface area contributed by atoms with Gasteiger partial charge >= 0.3 is 6.18 Å². The smallest absolute Gasteiger partial charge is 0.350 e. The molecule has 11 heteroatoms. The van der Waals surface area contributed by atoms with E-state index in [0.717, 1.165) is 18.9 Å². The van der Waals surface area contributed by atoms with Crippen molar-refractivity contribution in [2.24, 2.45) is 0 Å². The second-order valence-electron chi connectivity index (χ2n) is 9.85. The Hall–Kier alpha value is -2.33. The number of rotatable bonds is 11. The molecule has 1 fully saturated rings. The molecule has 0 spiro atoms. The number of carbonyl (C=O) groups is 2. The molecular weight excluding hydrogens is 552 g/mol. The third kappa shape index (κ3) is 9.10. The van der Waals surface area contributed by atoms with Crippen LogP contribution in [0.25, 0.3) is 0 Å². The van der Waals surface area contributed by atoms with Crippen molar-refractivity contribution in [2.45, 2.75) is 63.3 Å². The third-order valence-electron chi connectivity index (χ3n) is 7.06. The molecular formula is C28H35Cl2F3N4O2. The van der Waals surface area contributed by atoms with Gasteiger partial charge in [-0.3, -0.25) is 9.59 Å². The van der Waals surface area contributed by atoms with Crippen molar-refractivity contribution >= 4 is 35.0 Å². The van der Waals surface area contributed by atoms with Gasteiger partial charge in [-0.2, -0.15) is 13.2 Å². The standard InChI is InChI=1S/C28H35Cl2F3N4O2/c1-3-19(20-7-5-4-6-8-20)17-37-14-12-22(16-35-26(38)21-9-10-23(29)24(30)15-21)36-25(27(37)39)11-13-34-18(2)28(31,32)33/h4-10,15,18-19,22,25,34,36H,3,11-14,16-17H2,1-2H3,(H,35,38)/t18-,19+,22-,25-/m0/s1. The van der Waals surface area contributed by atoms with Crippen LogP contribution in [0.3, 0.4) is 0 Å². The average Bonchev–Trinajstić information content (AvgIpc) is 3.05.